The van der Waals surface area contributed by atoms with Gasteiger partial charge in [-0.15, -0.1) is 0 Å². The summed E-state index contributed by atoms with van der Waals surface area (Å²) in [6.45, 7) is 2.83. The number of hydrogen-bond donors (Lipinski definition) is 2. The average Bonchev–Trinajstić information content (AvgIpc) is 3.43. The predicted molar refractivity (Wildman–Crippen MR) is 124 cm³/mol. The average molecular weight is 451 g/mol. The molecule has 0 aromatic heterocycles. The topological polar surface area (TPSA) is 95.9 Å². The Labute approximate surface area is 193 Å². The first kappa shape index (κ1) is 22.8. The van der Waals surface area contributed by atoms with Gasteiger partial charge >= 0.3 is 12.1 Å². The van der Waals surface area contributed by atoms with Crippen LogP contribution < -0.4 is 5.32 Å². The van der Waals surface area contributed by atoms with Gasteiger partial charge < -0.3 is 20.1 Å². The van der Waals surface area contributed by atoms with Gasteiger partial charge in [0.15, 0.2) is 0 Å². The number of ether oxygens (including phenoxy) is 1. The Balaban J connectivity index is 1.41. The first-order valence-corrected chi connectivity index (χ1v) is 11.4. The second-order valence-electron chi connectivity index (χ2n) is 9.46. The molecule has 2 amide bonds. The van der Waals surface area contributed by atoms with E-state index in [1.165, 1.54) is 0 Å². The van der Waals surface area contributed by atoms with Crippen LogP contribution >= 0.6 is 0 Å². The molecule has 1 fully saturated rings. The van der Waals surface area contributed by atoms with Gasteiger partial charge in [0.05, 0.1) is 0 Å². The van der Waals surface area contributed by atoms with Gasteiger partial charge in [0.1, 0.15) is 12.6 Å². The Hall–Kier alpha value is -3.35. The molecule has 2 aromatic rings. The zero-order chi connectivity index (χ0) is 23.6. The first-order chi connectivity index (χ1) is 15.8. The van der Waals surface area contributed by atoms with Crippen molar-refractivity contribution in [3.05, 3.63) is 59.7 Å². The van der Waals surface area contributed by atoms with Crippen LogP contribution in [0.3, 0.4) is 0 Å². The number of fused-ring (bicyclic) bond motifs is 3. The van der Waals surface area contributed by atoms with Crippen molar-refractivity contribution in [2.24, 2.45) is 5.41 Å². The highest BCUT2D eigenvalue weighted by atomic mass is 16.5. The molecule has 0 saturated heterocycles. The van der Waals surface area contributed by atoms with Crippen molar-refractivity contribution in [1.29, 1.82) is 0 Å². The molecule has 7 heteroatoms. The van der Waals surface area contributed by atoms with E-state index < -0.39 is 18.1 Å². The van der Waals surface area contributed by atoms with Gasteiger partial charge in [-0.05, 0) is 46.9 Å². The summed E-state index contributed by atoms with van der Waals surface area (Å²) in [4.78, 5) is 38.3. The molecule has 0 aliphatic heterocycles. The molecular formula is C26H30N2O5. The second-order valence-corrected chi connectivity index (χ2v) is 9.46. The number of hydrogen-bond acceptors (Lipinski definition) is 4. The van der Waals surface area contributed by atoms with Crippen molar-refractivity contribution < 1.29 is 24.2 Å². The van der Waals surface area contributed by atoms with Gasteiger partial charge in [-0.2, -0.15) is 0 Å². The Kier molecular flexibility index (Phi) is 6.40. The maximum Gasteiger partial charge on any atom is 0.407 e. The zero-order valence-electron chi connectivity index (χ0n) is 19.0. The molecule has 0 bridgehead atoms. The minimum atomic E-state index is -1.01. The quantitative estimate of drug-likeness (QED) is 0.602. The Morgan fingerprint density at radius 2 is 1.67 bits per heavy atom. The summed E-state index contributed by atoms with van der Waals surface area (Å²) in [5, 5.41) is 11.7. The molecule has 0 radical (unpaired) electrons. The van der Waals surface area contributed by atoms with Crippen LogP contribution in [0.1, 0.15) is 49.7 Å². The highest BCUT2D eigenvalue weighted by Crippen LogP contribution is 2.45. The monoisotopic (exact) mass is 450 g/mol. The van der Waals surface area contributed by atoms with E-state index in [2.05, 4.69) is 24.4 Å². The van der Waals surface area contributed by atoms with E-state index in [1.54, 1.807) is 11.9 Å². The van der Waals surface area contributed by atoms with E-state index in [4.69, 9.17) is 9.84 Å². The van der Waals surface area contributed by atoms with Gasteiger partial charge in [-0.25, -0.2) is 4.79 Å². The molecule has 2 N–H and O–H groups in total. The molecule has 33 heavy (non-hydrogen) atoms. The van der Waals surface area contributed by atoms with Crippen molar-refractivity contribution in [2.45, 2.75) is 44.6 Å². The molecule has 0 spiro atoms. The fourth-order valence-corrected chi connectivity index (χ4v) is 4.60. The number of nitrogens with zero attached hydrogens (tertiary/aromatic N) is 1. The van der Waals surface area contributed by atoms with Crippen LogP contribution in [-0.4, -0.2) is 54.2 Å². The van der Waals surface area contributed by atoms with E-state index in [9.17, 15) is 14.4 Å². The van der Waals surface area contributed by atoms with Crippen LogP contribution in [0.2, 0.25) is 0 Å². The van der Waals surface area contributed by atoms with Crippen molar-refractivity contribution in [1.82, 2.24) is 10.2 Å². The Morgan fingerprint density at radius 1 is 1.09 bits per heavy atom. The molecule has 2 aromatic carbocycles. The van der Waals surface area contributed by atoms with Crippen molar-refractivity contribution in [3.8, 4) is 11.1 Å². The fourth-order valence-electron chi connectivity index (χ4n) is 4.60. The van der Waals surface area contributed by atoms with Crippen LogP contribution in [0.5, 0.6) is 0 Å². The molecular weight excluding hydrogens is 420 g/mol. The van der Waals surface area contributed by atoms with E-state index in [1.807, 2.05) is 36.4 Å². The lowest BCUT2D eigenvalue weighted by Gasteiger charge is -2.26. The van der Waals surface area contributed by atoms with E-state index >= 15 is 0 Å². The van der Waals surface area contributed by atoms with Gasteiger partial charge in [0.2, 0.25) is 5.91 Å². The maximum atomic E-state index is 12.9. The summed E-state index contributed by atoms with van der Waals surface area (Å²) in [5.74, 6) is -1.40. The number of benzene rings is 2. The van der Waals surface area contributed by atoms with Crippen LogP contribution in [-0.2, 0) is 14.3 Å². The number of alkyl carbamates (subject to hydrolysis) is 1. The summed E-state index contributed by atoms with van der Waals surface area (Å²) in [6, 6.07) is 15.2. The lowest BCUT2D eigenvalue weighted by atomic mass is 9.98. The van der Waals surface area contributed by atoms with Gasteiger partial charge in [0.25, 0.3) is 0 Å². The second kappa shape index (κ2) is 9.25. The third-order valence-corrected chi connectivity index (χ3v) is 6.68. The number of nitrogens with one attached hydrogen (secondary N) is 1. The summed E-state index contributed by atoms with van der Waals surface area (Å²) in [7, 11) is 1.69. The van der Waals surface area contributed by atoms with Crippen LogP contribution in [0, 0.1) is 5.41 Å². The number of likely N-dealkylation sites (N-methyl/N-ethyl adjacent to an activating group) is 1. The van der Waals surface area contributed by atoms with Gasteiger partial charge in [-0.1, -0.05) is 55.5 Å². The predicted octanol–water partition coefficient (Wildman–Crippen LogP) is 4.02. The molecule has 174 valence electrons. The maximum absolute atomic E-state index is 12.9. The van der Waals surface area contributed by atoms with Crippen LogP contribution in [0.25, 0.3) is 11.1 Å². The first-order valence-electron chi connectivity index (χ1n) is 11.4. The molecule has 1 unspecified atom stereocenters. The molecule has 2 aliphatic rings. The number of carbonyl (C=O) groups is 3. The van der Waals surface area contributed by atoms with Gasteiger partial charge in [0, 0.05) is 25.9 Å². The summed E-state index contributed by atoms with van der Waals surface area (Å²) >= 11 is 0. The number of carboxylic acid groups (broad SMARTS) is 1. The number of aliphatic carboxylic acids is 1. The number of carboxylic acids is 1. The number of carbonyl (C=O) groups excluding carboxylic acids is 2. The number of amides is 2. The van der Waals surface area contributed by atoms with E-state index in [0.29, 0.717) is 6.54 Å². The van der Waals surface area contributed by atoms with Crippen molar-refractivity contribution in [3.63, 3.8) is 0 Å². The highest BCUT2D eigenvalue weighted by Gasteiger charge is 2.40. The molecule has 7 nitrogen and oxygen atoms in total. The third-order valence-electron chi connectivity index (χ3n) is 6.68. The largest absolute Gasteiger partial charge is 0.481 e. The molecule has 2 aliphatic carbocycles. The third kappa shape index (κ3) is 5.18. The minimum Gasteiger partial charge on any atom is -0.481 e. The van der Waals surface area contributed by atoms with E-state index in [-0.39, 0.29) is 36.7 Å². The normalized spacial score (nSPS) is 16.3. The fraction of sp³-hybridized carbons (Fsp3) is 0.423. The Morgan fingerprint density at radius 3 is 2.21 bits per heavy atom. The van der Waals surface area contributed by atoms with Crippen LogP contribution in [0.4, 0.5) is 4.79 Å². The molecule has 1 atom stereocenters. The lowest BCUT2D eigenvalue weighted by molar-refractivity contribution is -0.138. The summed E-state index contributed by atoms with van der Waals surface area (Å²) < 4.78 is 5.55. The van der Waals surface area contributed by atoms with Crippen molar-refractivity contribution in [2.75, 3.05) is 20.2 Å². The zero-order valence-corrected chi connectivity index (χ0v) is 19.0. The summed E-state index contributed by atoms with van der Waals surface area (Å²) in [5.41, 5.74) is 4.58. The SMILES string of the molecule is CN(CC1(C)CC1)C(=O)C(CCC(=O)O)NC(=O)OCC1c2ccccc2-c2ccccc21. The van der Waals surface area contributed by atoms with E-state index in [0.717, 1.165) is 35.1 Å². The smallest absolute Gasteiger partial charge is 0.407 e. The standard InChI is InChI=1S/C26H30N2O5/c1-26(13-14-26)16-28(2)24(31)22(11-12-23(29)30)27-25(32)33-15-21-19-9-5-3-7-17(19)18-8-4-6-10-20(18)21/h3-10,21-22H,11-16H2,1-2H3,(H,27,32)(H,29,30). The molecule has 1 saturated carbocycles. The lowest BCUT2D eigenvalue weighted by Crippen LogP contribution is -2.49. The summed E-state index contributed by atoms with van der Waals surface area (Å²) in [6.07, 6.45) is 1.20. The van der Waals surface area contributed by atoms with Gasteiger partial charge in [-0.3, -0.25) is 9.59 Å². The van der Waals surface area contributed by atoms with Crippen molar-refractivity contribution >= 4 is 18.0 Å². The Bertz CT molecular complexity index is 1020. The molecule has 0 heterocycles. The van der Waals surface area contributed by atoms with Crippen LogP contribution in [0.15, 0.2) is 48.5 Å². The number of rotatable bonds is 9. The molecule has 4 rings (SSSR count). The minimum absolute atomic E-state index is 0.0133. The highest BCUT2D eigenvalue weighted by molar-refractivity contribution is 5.86.